The zero-order valence-corrected chi connectivity index (χ0v) is 18.0. The first-order chi connectivity index (χ1) is 9.98. The van der Waals surface area contributed by atoms with Crippen LogP contribution in [0.2, 0.25) is 0 Å². The third kappa shape index (κ3) is 7.10. The van der Waals surface area contributed by atoms with Crippen molar-refractivity contribution in [1.82, 2.24) is 14.9 Å². The smallest absolute Gasteiger partial charge is 0.208 e. The Morgan fingerprint density at radius 3 is 2.39 bits per heavy atom. The highest BCUT2D eigenvalue weighted by atomic mass is 127. The van der Waals surface area contributed by atoms with E-state index < -0.39 is 24.6 Å². The molecule has 0 aromatic carbocycles. The Morgan fingerprint density at radius 2 is 1.91 bits per heavy atom. The lowest BCUT2D eigenvalue weighted by molar-refractivity contribution is 0.353. The van der Waals surface area contributed by atoms with E-state index in [-0.39, 0.29) is 29.7 Å². The van der Waals surface area contributed by atoms with Crippen LogP contribution in [-0.2, 0) is 19.9 Å². The number of guanidine groups is 1. The zero-order valence-electron chi connectivity index (χ0n) is 14.0. The SMILES string of the molecule is CN=C(NCCCNS(C)(=O)=O)N1CCS(=O)(=O)C(C)(C)C1.I. The van der Waals surface area contributed by atoms with Gasteiger partial charge in [-0.3, -0.25) is 4.99 Å². The minimum absolute atomic E-state index is 0. The van der Waals surface area contributed by atoms with Crippen molar-refractivity contribution in [2.45, 2.75) is 25.0 Å². The third-order valence-electron chi connectivity index (χ3n) is 3.56. The Bertz CT molecular complexity index is 617. The Hall–Kier alpha value is -0.140. The average Bonchev–Trinajstić information content (AvgIpc) is 2.36. The number of sulfone groups is 1. The van der Waals surface area contributed by atoms with Crippen LogP contribution in [0.25, 0.3) is 0 Å². The van der Waals surface area contributed by atoms with Crippen LogP contribution in [-0.4, -0.2) is 77.7 Å². The van der Waals surface area contributed by atoms with E-state index in [0.29, 0.717) is 38.6 Å². The van der Waals surface area contributed by atoms with Gasteiger partial charge in [0.05, 0.1) is 16.8 Å². The van der Waals surface area contributed by atoms with E-state index in [1.165, 1.54) is 0 Å². The number of sulfonamides is 1. The number of rotatable bonds is 5. The van der Waals surface area contributed by atoms with Crippen molar-refractivity contribution in [2.24, 2.45) is 4.99 Å². The maximum absolute atomic E-state index is 12.0. The molecule has 2 N–H and O–H groups in total. The van der Waals surface area contributed by atoms with E-state index in [9.17, 15) is 16.8 Å². The summed E-state index contributed by atoms with van der Waals surface area (Å²) in [7, 11) is -4.60. The maximum atomic E-state index is 12.0. The van der Waals surface area contributed by atoms with Crippen molar-refractivity contribution >= 4 is 49.8 Å². The van der Waals surface area contributed by atoms with Crippen LogP contribution >= 0.6 is 24.0 Å². The lowest BCUT2D eigenvalue weighted by Gasteiger charge is -2.39. The highest BCUT2D eigenvalue weighted by Crippen LogP contribution is 2.23. The standard InChI is InChI=1S/C12H26N4O4S2.HI/c1-12(2)10-16(8-9-22(12,19)20)11(13-3)14-6-5-7-15-21(4,17)18;/h15H,5-10H2,1-4H3,(H,13,14);1H. The van der Waals surface area contributed by atoms with Crippen LogP contribution in [0.15, 0.2) is 4.99 Å². The van der Waals surface area contributed by atoms with Crippen LogP contribution in [0.4, 0.5) is 0 Å². The summed E-state index contributed by atoms with van der Waals surface area (Å²) in [5, 5.41) is 3.14. The molecule has 1 fully saturated rings. The normalized spacial score (nSPS) is 20.7. The van der Waals surface area contributed by atoms with Crippen molar-refractivity contribution in [3.05, 3.63) is 0 Å². The van der Waals surface area contributed by atoms with Gasteiger partial charge in [0.15, 0.2) is 15.8 Å². The van der Waals surface area contributed by atoms with E-state index in [1.54, 1.807) is 20.9 Å². The molecule has 0 unspecified atom stereocenters. The summed E-state index contributed by atoms with van der Waals surface area (Å²) in [6.45, 7) is 5.14. The van der Waals surface area contributed by atoms with Gasteiger partial charge in [0.25, 0.3) is 0 Å². The molecule has 0 spiro atoms. The minimum atomic E-state index is -3.16. The molecule has 0 atom stereocenters. The largest absolute Gasteiger partial charge is 0.356 e. The highest BCUT2D eigenvalue weighted by molar-refractivity contribution is 14.0. The third-order valence-corrected chi connectivity index (χ3v) is 6.82. The number of halogens is 1. The van der Waals surface area contributed by atoms with E-state index >= 15 is 0 Å². The second-order valence-corrected chi connectivity index (χ2v) is 10.6. The number of aliphatic imine (C=N–C) groups is 1. The van der Waals surface area contributed by atoms with Gasteiger partial charge in [0.2, 0.25) is 10.0 Å². The highest BCUT2D eigenvalue weighted by Gasteiger charge is 2.40. The quantitative estimate of drug-likeness (QED) is 0.240. The molecule has 1 saturated heterocycles. The molecule has 0 aliphatic carbocycles. The Morgan fingerprint density at radius 1 is 1.30 bits per heavy atom. The van der Waals surface area contributed by atoms with Gasteiger partial charge in [-0.1, -0.05) is 0 Å². The summed E-state index contributed by atoms with van der Waals surface area (Å²) in [6.07, 6.45) is 1.73. The molecule has 1 rings (SSSR count). The Labute approximate surface area is 156 Å². The predicted octanol–water partition coefficient (Wildman–Crippen LogP) is -0.372. The van der Waals surface area contributed by atoms with E-state index in [0.717, 1.165) is 6.26 Å². The fourth-order valence-electron chi connectivity index (χ4n) is 2.20. The van der Waals surface area contributed by atoms with Gasteiger partial charge in [-0.05, 0) is 20.3 Å². The molecule has 11 heteroatoms. The van der Waals surface area contributed by atoms with Crippen molar-refractivity contribution in [1.29, 1.82) is 0 Å². The minimum Gasteiger partial charge on any atom is -0.356 e. The van der Waals surface area contributed by atoms with Gasteiger partial charge in [-0.25, -0.2) is 21.6 Å². The van der Waals surface area contributed by atoms with Crippen LogP contribution in [0.5, 0.6) is 0 Å². The maximum Gasteiger partial charge on any atom is 0.208 e. The van der Waals surface area contributed by atoms with E-state index in [2.05, 4.69) is 15.0 Å². The lowest BCUT2D eigenvalue weighted by atomic mass is 10.2. The predicted molar refractivity (Wildman–Crippen MR) is 104 cm³/mol. The number of nitrogens with zero attached hydrogens (tertiary/aromatic N) is 2. The molecule has 23 heavy (non-hydrogen) atoms. The molecule has 0 amide bonds. The monoisotopic (exact) mass is 482 g/mol. The van der Waals surface area contributed by atoms with Gasteiger partial charge < -0.3 is 10.2 Å². The second kappa shape index (κ2) is 8.81. The molecule has 1 aliphatic rings. The number of hydrogen-bond donors (Lipinski definition) is 2. The number of nitrogens with one attached hydrogen (secondary N) is 2. The topological polar surface area (TPSA) is 108 Å². The van der Waals surface area contributed by atoms with Crippen molar-refractivity contribution in [2.75, 3.05) is 45.2 Å². The summed E-state index contributed by atoms with van der Waals surface area (Å²) < 4.78 is 47.5. The summed E-state index contributed by atoms with van der Waals surface area (Å²) in [6, 6.07) is 0. The molecule has 1 heterocycles. The molecule has 138 valence electrons. The van der Waals surface area contributed by atoms with Crippen LogP contribution in [0.3, 0.4) is 0 Å². The van der Waals surface area contributed by atoms with E-state index in [1.807, 2.05) is 4.90 Å². The average molecular weight is 482 g/mol. The van der Waals surface area contributed by atoms with Crippen molar-refractivity contribution < 1.29 is 16.8 Å². The summed E-state index contributed by atoms with van der Waals surface area (Å²) in [4.78, 5) is 6.09. The molecular weight excluding hydrogens is 455 g/mol. The molecule has 8 nitrogen and oxygen atoms in total. The first kappa shape index (κ1) is 22.9. The number of hydrogen-bond acceptors (Lipinski definition) is 5. The second-order valence-electron chi connectivity index (χ2n) is 5.99. The molecule has 0 aromatic heterocycles. The van der Waals surface area contributed by atoms with Crippen molar-refractivity contribution in [3.8, 4) is 0 Å². The van der Waals surface area contributed by atoms with Gasteiger partial charge in [0.1, 0.15) is 0 Å². The molecule has 0 radical (unpaired) electrons. The molecule has 0 aromatic rings. The van der Waals surface area contributed by atoms with Gasteiger partial charge in [-0.15, -0.1) is 24.0 Å². The van der Waals surface area contributed by atoms with Crippen molar-refractivity contribution in [3.63, 3.8) is 0 Å². The summed E-state index contributed by atoms with van der Waals surface area (Å²) in [5.41, 5.74) is 0. The molecular formula is C12H27IN4O4S2. The summed E-state index contributed by atoms with van der Waals surface area (Å²) >= 11 is 0. The molecule has 0 saturated carbocycles. The van der Waals surface area contributed by atoms with Gasteiger partial charge >= 0.3 is 0 Å². The van der Waals surface area contributed by atoms with Crippen LogP contribution in [0.1, 0.15) is 20.3 Å². The molecule has 0 bridgehead atoms. The van der Waals surface area contributed by atoms with E-state index in [4.69, 9.17) is 0 Å². The van der Waals surface area contributed by atoms with Crippen LogP contribution in [0, 0.1) is 0 Å². The fourth-order valence-corrected chi connectivity index (χ4v) is 4.08. The first-order valence-corrected chi connectivity index (χ1v) is 10.7. The van der Waals surface area contributed by atoms with Gasteiger partial charge in [0, 0.05) is 33.2 Å². The Kier molecular flexibility index (Phi) is 8.76. The Balaban J connectivity index is 0.00000484. The first-order valence-electron chi connectivity index (χ1n) is 7.11. The molecule has 1 aliphatic heterocycles. The summed E-state index contributed by atoms with van der Waals surface area (Å²) in [5.74, 6) is 0.749. The zero-order chi connectivity index (χ0) is 17.0. The lowest BCUT2D eigenvalue weighted by Crippen LogP contribution is -2.57. The fraction of sp³-hybridized carbons (Fsp3) is 0.917. The van der Waals surface area contributed by atoms with Gasteiger partial charge in [-0.2, -0.15) is 0 Å². The van der Waals surface area contributed by atoms with Crippen LogP contribution < -0.4 is 10.0 Å².